The van der Waals surface area contributed by atoms with Gasteiger partial charge in [-0.3, -0.25) is 0 Å². The van der Waals surface area contributed by atoms with Gasteiger partial charge in [-0.15, -0.1) is 0 Å². The number of alkyl halides is 3. The van der Waals surface area contributed by atoms with Crippen LogP contribution in [0.5, 0.6) is 11.5 Å². The van der Waals surface area contributed by atoms with Gasteiger partial charge in [0, 0.05) is 17.4 Å². The first kappa shape index (κ1) is 19.2. The quantitative estimate of drug-likeness (QED) is 0.800. The maximum absolute atomic E-state index is 14.0. The van der Waals surface area contributed by atoms with Crippen molar-refractivity contribution in [3.05, 3.63) is 23.3 Å². The van der Waals surface area contributed by atoms with Crippen LogP contribution in [0.4, 0.5) is 22.0 Å². The van der Waals surface area contributed by atoms with Gasteiger partial charge in [0.25, 0.3) is 0 Å². The van der Waals surface area contributed by atoms with Gasteiger partial charge in [-0.1, -0.05) is 6.92 Å². The molecule has 1 heterocycles. The molecule has 5 nitrogen and oxygen atoms in total. The summed E-state index contributed by atoms with van der Waals surface area (Å²) in [5, 5.41) is 18.7. The monoisotopic (exact) mass is 370 g/mol. The standard InChI is InChI=1S/C15H15F5O5/c1-5-8(6-4-7(21)9(16)10(17)11(6)24-3)12(13(22)23)25-14(5,2)15(18,19)20/h4-5,8,12,21H,1-3H3,(H,22,23)/t5?,8?,12-,14?/m1/s1. The van der Waals surface area contributed by atoms with E-state index >= 15 is 0 Å². The molecular weight excluding hydrogens is 355 g/mol. The number of aliphatic carboxylic acids is 1. The minimum atomic E-state index is -4.91. The number of phenols is 1. The smallest absolute Gasteiger partial charge is 0.417 e. The lowest BCUT2D eigenvalue weighted by molar-refractivity contribution is -0.273. The van der Waals surface area contributed by atoms with E-state index < -0.39 is 64.4 Å². The topological polar surface area (TPSA) is 76.0 Å². The van der Waals surface area contributed by atoms with Crippen LogP contribution in [-0.2, 0) is 9.53 Å². The summed E-state index contributed by atoms with van der Waals surface area (Å²) in [6.07, 6.45) is -6.91. The van der Waals surface area contributed by atoms with Crippen LogP contribution in [0.3, 0.4) is 0 Å². The number of ether oxygens (including phenoxy) is 2. The molecule has 0 aliphatic carbocycles. The van der Waals surface area contributed by atoms with Gasteiger partial charge in [-0.2, -0.15) is 22.0 Å². The first-order valence-corrected chi connectivity index (χ1v) is 7.09. The first-order valence-electron chi connectivity index (χ1n) is 7.09. The molecule has 2 rings (SSSR count). The summed E-state index contributed by atoms with van der Waals surface area (Å²) < 4.78 is 77.2. The molecule has 0 spiro atoms. The van der Waals surface area contributed by atoms with E-state index in [-0.39, 0.29) is 0 Å². The Balaban J connectivity index is 2.70. The van der Waals surface area contributed by atoms with E-state index in [1.165, 1.54) is 0 Å². The van der Waals surface area contributed by atoms with E-state index in [9.17, 15) is 37.0 Å². The lowest BCUT2D eigenvalue weighted by Crippen LogP contribution is -2.47. The highest BCUT2D eigenvalue weighted by atomic mass is 19.4. The Bertz CT molecular complexity index is 705. The molecule has 1 fully saturated rings. The molecule has 3 unspecified atom stereocenters. The second kappa shape index (κ2) is 6.01. The fourth-order valence-corrected chi connectivity index (χ4v) is 3.08. The Morgan fingerprint density at radius 2 is 1.88 bits per heavy atom. The maximum Gasteiger partial charge on any atom is 0.417 e. The van der Waals surface area contributed by atoms with E-state index in [1.54, 1.807) is 0 Å². The summed E-state index contributed by atoms with van der Waals surface area (Å²) in [4.78, 5) is 11.4. The van der Waals surface area contributed by atoms with Crippen LogP contribution in [0.2, 0.25) is 0 Å². The van der Waals surface area contributed by atoms with Crippen LogP contribution in [0.1, 0.15) is 25.3 Å². The van der Waals surface area contributed by atoms with Crippen LogP contribution in [0.25, 0.3) is 0 Å². The molecular formula is C15H15F5O5. The molecule has 1 aromatic rings. The predicted molar refractivity (Wildman–Crippen MR) is 73.4 cm³/mol. The molecule has 2 N–H and O–H groups in total. The number of hydrogen-bond donors (Lipinski definition) is 2. The number of carbonyl (C=O) groups is 1. The molecule has 10 heteroatoms. The van der Waals surface area contributed by atoms with Crippen LogP contribution >= 0.6 is 0 Å². The molecule has 25 heavy (non-hydrogen) atoms. The molecule has 1 aromatic carbocycles. The van der Waals surface area contributed by atoms with Gasteiger partial charge < -0.3 is 19.7 Å². The van der Waals surface area contributed by atoms with E-state index in [0.717, 1.165) is 14.0 Å². The van der Waals surface area contributed by atoms with Crippen molar-refractivity contribution in [1.82, 2.24) is 0 Å². The van der Waals surface area contributed by atoms with Crippen LogP contribution < -0.4 is 4.74 Å². The third-order valence-electron chi connectivity index (χ3n) is 4.65. The molecule has 0 radical (unpaired) electrons. The minimum absolute atomic E-state index is 0.424. The van der Waals surface area contributed by atoms with Crippen molar-refractivity contribution >= 4 is 5.97 Å². The van der Waals surface area contributed by atoms with Crippen LogP contribution in [-0.4, -0.2) is 41.2 Å². The molecule has 0 amide bonds. The van der Waals surface area contributed by atoms with Gasteiger partial charge in [0.2, 0.25) is 11.6 Å². The van der Waals surface area contributed by atoms with Gasteiger partial charge in [-0.25, -0.2) is 4.79 Å². The minimum Gasteiger partial charge on any atom is -0.505 e. The fourth-order valence-electron chi connectivity index (χ4n) is 3.08. The second-order valence-corrected chi connectivity index (χ2v) is 5.94. The zero-order valence-corrected chi connectivity index (χ0v) is 13.3. The summed E-state index contributed by atoms with van der Waals surface area (Å²) in [7, 11) is 0.942. The number of benzene rings is 1. The van der Waals surface area contributed by atoms with Gasteiger partial charge in [0.1, 0.15) is 0 Å². The van der Waals surface area contributed by atoms with Crippen LogP contribution in [0.15, 0.2) is 6.07 Å². The summed E-state index contributed by atoms with van der Waals surface area (Å²) >= 11 is 0. The van der Waals surface area contributed by atoms with Crippen molar-refractivity contribution in [1.29, 1.82) is 0 Å². The zero-order chi connectivity index (χ0) is 19.3. The number of halogens is 5. The fraction of sp³-hybridized carbons (Fsp3) is 0.533. The lowest BCUT2D eigenvalue weighted by atomic mass is 9.77. The van der Waals surface area contributed by atoms with E-state index in [2.05, 4.69) is 0 Å². The molecule has 1 aliphatic rings. The number of rotatable bonds is 3. The van der Waals surface area contributed by atoms with Crippen molar-refractivity contribution in [2.45, 2.75) is 37.6 Å². The Labute approximate surface area is 139 Å². The summed E-state index contributed by atoms with van der Waals surface area (Å²) in [6, 6.07) is 0.653. The SMILES string of the molecule is COc1c(C2C(C)C(C)(C(F)(F)F)O[C@H]2C(=O)O)cc(O)c(F)c1F. The largest absolute Gasteiger partial charge is 0.505 e. The number of methoxy groups -OCH3 is 1. The average Bonchev–Trinajstić information content (AvgIpc) is 2.78. The number of carboxylic acid groups (broad SMARTS) is 1. The molecule has 4 atom stereocenters. The van der Waals surface area contributed by atoms with Gasteiger partial charge >= 0.3 is 12.1 Å². The number of aromatic hydroxyl groups is 1. The first-order chi connectivity index (χ1) is 11.4. The maximum atomic E-state index is 14.0. The molecule has 0 aromatic heterocycles. The van der Waals surface area contributed by atoms with Crippen molar-refractivity contribution in [2.24, 2.45) is 5.92 Å². The van der Waals surface area contributed by atoms with Gasteiger partial charge in [-0.05, 0) is 13.0 Å². The molecule has 0 bridgehead atoms. The molecule has 140 valence electrons. The predicted octanol–water partition coefficient (Wildman–Crippen LogP) is 3.20. The van der Waals surface area contributed by atoms with Crippen molar-refractivity contribution in [2.75, 3.05) is 7.11 Å². The van der Waals surface area contributed by atoms with Crippen LogP contribution in [0, 0.1) is 17.6 Å². The number of carboxylic acids is 1. The normalized spacial score (nSPS) is 29.7. The molecule has 1 saturated heterocycles. The van der Waals surface area contributed by atoms with E-state index in [1.807, 2.05) is 0 Å². The number of phenolic OH excluding ortho intramolecular Hbond substituents is 1. The molecule has 1 aliphatic heterocycles. The summed E-state index contributed by atoms with van der Waals surface area (Å²) in [5.41, 5.74) is -3.27. The number of hydrogen-bond acceptors (Lipinski definition) is 4. The van der Waals surface area contributed by atoms with Gasteiger partial charge in [0.15, 0.2) is 23.2 Å². The average molecular weight is 370 g/mol. The Morgan fingerprint density at radius 1 is 1.32 bits per heavy atom. The second-order valence-electron chi connectivity index (χ2n) is 5.94. The van der Waals surface area contributed by atoms with Crippen molar-refractivity contribution in [3.8, 4) is 11.5 Å². The van der Waals surface area contributed by atoms with E-state index in [0.29, 0.717) is 13.0 Å². The lowest BCUT2D eigenvalue weighted by Gasteiger charge is -2.32. The van der Waals surface area contributed by atoms with Gasteiger partial charge in [0.05, 0.1) is 7.11 Å². The third kappa shape index (κ3) is 2.78. The Hall–Kier alpha value is -2.10. The Morgan fingerprint density at radius 3 is 2.32 bits per heavy atom. The third-order valence-corrected chi connectivity index (χ3v) is 4.65. The highest BCUT2D eigenvalue weighted by Crippen LogP contribution is 2.55. The highest BCUT2D eigenvalue weighted by Gasteiger charge is 2.66. The Kier molecular flexibility index (Phi) is 4.62. The van der Waals surface area contributed by atoms with Crippen molar-refractivity contribution < 1.29 is 46.4 Å². The highest BCUT2D eigenvalue weighted by molar-refractivity contribution is 5.75. The van der Waals surface area contributed by atoms with E-state index in [4.69, 9.17) is 9.47 Å². The van der Waals surface area contributed by atoms with Crippen molar-refractivity contribution in [3.63, 3.8) is 0 Å². The zero-order valence-electron chi connectivity index (χ0n) is 13.3. The summed E-state index contributed by atoms with van der Waals surface area (Å²) in [6.45, 7) is 1.76. The summed E-state index contributed by atoms with van der Waals surface area (Å²) in [5.74, 6) is -9.99. The molecule has 0 saturated carbocycles.